The van der Waals surface area contributed by atoms with Gasteiger partial charge < -0.3 is 9.47 Å². The van der Waals surface area contributed by atoms with Crippen LogP contribution in [-0.2, 0) is 6.42 Å². The first-order valence-electron chi connectivity index (χ1n) is 11.7. The number of benzene rings is 2. The van der Waals surface area contributed by atoms with Crippen LogP contribution < -0.4 is 15.0 Å². The predicted molar refractivity (Wildman–Crippen MR) is 144 cm³/mol. The summed E-state index contributed by atoms with van der Waals surface area (Å²) in [6, 6.07) is 13.3. The Labute approximate surface area is 220 Å². The number of pyridine rings is 1. The summed E-state index contributed by atoms with van der Waals surface area (Å²) in [5, 5.41) is 15.8. The fraction of sp³-hybridized carbons (Fsp3) is 0.231. The summed E-state index contributed by atoms with van der Waals surface area (Å²) >= 11 is 3.42. The zero-order valence-corrected chi connectivity index (χ0v) is 21.8. The van der Waals surface area contributed by atoms with Gasteiger partial charge in [0.2, 0.25) is 5.88 Å². The molecule has 0 saturated carbocycles. The molecule has 37 heavy (non-hydrogen) atoms. The zero-order chi connectivity index (χ0) is 26.4. The maximum Gasteiger partial charge on any atom is 0.287 e. The SMILES string of the molecule is CCCCc1nc2ccc(Br)cc2c(=O)n1N=Cc1ccc(Oc2ccc([N+](=O)[O-])cn2)c(OCC)c1. The number of hydrogen-bond donors (Lipinski definition) is 0. The molecule has 0 radical (unpaired) electrons. The third kappa shape index (κ3) is 6.18. The van der Waals surface area contributed by atoms with Gasteiger partial charge in [0, 0.05) is 23.0 Å². The maximum atomic E-state index is 13.3. The van der Waals surface area contributed by atoms with Crippen LogP contribution >= 0.6 is 15.9 Å². The van der Waals surface area contributed by atoms with E-state index in [0.717, 1.165) is 23.5 Å². The van der Waals surface area contributed by atoms with Crippen LogP contribution in [0.1, 0.15) is 38.1 Å². The van der Waals surface area contributed by atoms with Crippen molar-refractivity contribution in [3.8, 4) is 17.4 Å². The molecule has 0 aliphatic rings. The fourth-order valence-corrected chi connectivity index (χ4v) is 3.91. The average molecular weight is 566 g/mol. The Hall–Kier alpha value is -4.12. The van der Waals surface area contributed by atoms with Crippen LogP contribution in [0.25, 0.3) is 10.9 Å². The summed E-state index contributed by atoms with van der Waals surface area (Å²) in [6.45, 7) is 4.30. The summed E-state index contributed by atoms with van der Waals surface area (Å²) in [5.74, 6) is 1.60. The van der Waals surface area contributed by atoms with E-state index in [1.807, 2.05) is 19.1 Å². The minimum atomic E-state index is -0.528. The van der Waals surface area contributed by atoms with Gasteiger partial charge in [-0.25, -0.2) is 9.97 Å². The fourth-order valence-electron chi connectivity index (χ4n) is 3.55. The Bertz CT molecular complexity index is 1520. The summed E-state index contributed by atoms with van der Waals surface area (Å²) in [7, 11) is 0. The molecule has 2 heterocycles. The first-order valence-corrected chi connectivity index (χ1v) is 12.5. The Morgan fingerprint density at radius 2 is 1.97 bits per heavy atom. The molecule has 10 nitrogen and oxygen atoms in total. The first-order chi connectivity index (χ1) is 17.9. The molecule has 4 aromatic rings. The highest BCUT2D eigenvalue weighted by Gasteiger charge is 2.13. The highest BCUT2D eigenvalue weighted by molar-refractivity contribution is 9.10. The van der Waals surface area contributed by atoms with E-state index >= 15 is 0 Å². The molecular weight excluding hydrogens is 542 g/mol. The molecule has 2 aromatic carbocycles. The normalized spacial score (nSPS) is 11.2. The molecule has 0 unspecified atom stereocenters. The van der Waals surface area contributed by atoms with Crippen LogP contribution in [0.4, 0.5) is 5.69 Å². The van der Waals surface area contributed by atoms with Gasteiger partial charge in [-0.15, -0.1) is 0 Å². The third-order valence-corrected chi connectivity index (χ3v) is 5.86. The van der Waals surface area contributed by atoms with E-state index in [-0.39, 0.29) is 17.1 Å². The lowest BCUT2D eigenvalue weighted by Crippen LogP contribution is -2.22. The average Bonchev–Trinajstić information content (AvgIpc) is 2.89. The van der Waals surface area contributed by atoms with E-state index < -0.39 is 4.92 Å². The number of halogens is 1. The summed E-state index contributed by atoms with van der Waals surface area (Å²) in [5.41, 5.74) is 0.928. The van der Waals surface area contributed by atoms with Crippen LogP contribution in [0.15, 0.2) is 69.1 Å². The minimum absolute atomic E-state index is 0.131. The number of unbranched alkanes of at least 4 members (excludes halogenated alkanes) is 1. The van der Waals surface area contributed by atoms with Crippen molar-refractivity contribution in [2.24, 2.45) is 5.10 Å². The van der Waals surface area contributed by atoms with E-state index in [0.29, 0.717) is 46.8 Å². The van der Waals surface area contributed by atoms with E-state index in [9.17, 15) is 14.9 Å². The van der Waals surface area contributed by atoms with Gasteiger partial charge in [-0.1, -0.05) is 29.3 Å². The van der Waals surface area contributed by atoms with Crippen LogP contribution in [0.5, 0.6) is 17.4 Å². The first kappa shape index (κ1) is 26.0. The van der Waals surface area contributed by atoms with Crippen LogP contribution in [-0.4, -0.2) is 32.4 Å². The second-order valence-electron chi connectivity index (χ2n) is 8.01. The van der Waals surface area contributed by atoms with E-state index in [2.05, 4.69) is 37.9 Å². The number of ether oxygens (including phenoxy) is 2. The molecular formula is C26H24BrN5O5. The summed E-state index contributed by atoms with van der Waals surface area (Å²) < 4.78 is 13.6. The van der Waals surface area contributed by atoms with E-state index in [1.165, 1.54) is 16.8 Å². The van der Waals surface area contributed by atoms with Crippen molar-refractivity contribution < 1.29 is 14.4 Å². The summed E-state index contributed by atoms with van der Waals surface area (Å²) in [6.07, 6.45) is 5.15. The quantitative estimate of drug-likeness (QED) is 0.134. The molecule has 0 N–H and O–H groups in total. The number of hydrogen-bond acceptors (Lipinski definition) is 8. The van der Waals surface area contributed by atoms with E-state index in [4.69, 9.17) is 9.47 Å². The molecule has 0 atom stereocenters. The van der Waals surface area contributed by atoms with Crippen LogP contribution in [0.2, 0.25) is 0 Å². The highest BCUT2D eigenvalue weighted by Crippen LogP contribution is 2.32. The highest BCUT2D eigenvalue weighted by atomic mass is 79.9. The van der Waals surface area contributed by atoms with Crippen molar-refractivity contribution in [2.45, 2.75) is 33.1 Å². The van der Waals surface area contributed by atoms with Gasteiger partial charge >= 0.3 is 0 Å². The number of rotatable bonds is 10. The molecule has 2 aromatic heterocycles. The smallest absolute Gasteiger partial charge is 0.287 e. The topological polar surface area (TPSA) is 122 Å². The molecule has 11 heteroatoms. The summed E-state index contributed by atoms with van der Waals surface area (Å²) in [4.78, 5) is 32.3. The zero-order valence-electron chi connectivity index (χ0n) is 20.3. The molecule has 190 valence electrons. The second-order valence-corrected chi connectivity index (χ2v) is 8.92. The van der Waals surface area contributed by atoms with Crippen molar-refractivity contribution in [1.29, 1.82) is 0 Å². The van der Waals surface area contributed by atoms with Crippen molar-refractivity contribution in [3.63, 3.8) is 0 Å². The largest absolute Gasteiger partial charge is 0.490 e. The van der Waals surface area contributed by atoms with Crippen molar-refractivity contribution >= 4 is 38.7 Å². The number of aromatic nitrogens is 3. The third-order valence-electron chi connectivity index (χ3n) is 5.37. The molecule has 0 fully saturated rings. The predicted octanol–water partition coefficient (Wildman–Crippen LogP) is 5.88. The molecule has 0 aliphatic carbocycles. The standard InChI is InChI=1S/C26H24BrN5O5/c1-3-5-6-24-30-21-10-8-18(27)14-20(21)26(33)31(24)29-15-17-7-11-22(23(13-17)36-4-2)37-25-12-9-19(16-28-25)32(34)35/h7-16H,3-6H2,1-2H3. The monoisotopic (exact) mass is 565 g/mol. The second kappa shape index (κ2) is 11.7. The van der Waals surface area contributed by atoms with Gasteiger partial charge in [0.05, 0.1) is 28.6 Å². The molecule has 0 spiro atoms. The Balaban J connectivity index is 1.67. The number of aryl methyl sites for hydroxylation is 1. The van der Waals surface area contributed by atoms with Crippen molar-refractivity contribution in [2.75, 3.05) is 6.61 Å². The Morgan fingerprint density at radius 1 is 1.14 bits per heavy atom. The minimum Gasteiger partial charge on any atom is -0.490 e. The van der Waals surface area contributed by atoms with Gasteiger partial charge in [0.15, 0.2) is 11.5 Å². The van der Waals surface area contributed by atoms with Gasteiger partial charge in [0.1, 0.15) is 12.0 Å². The molecule has 0 aliphatic heterocycles. The number of fused-ring (bicyclic) bond motifs is 1. The van der Waals surface area contributed by atoms with Gasteiger partial charge in [-0.2, -0.15) is 9.78 Å². The Kier molecular flexibility index (Phi) is 8.24. The molecule has 0 bridgehead atoms. The lowest BCUT2D eigenvalue weighted by atomic mass is 10.2. The number of nitro groups is 1. The van der Waals surface area contributed by atoms with Gasteiger partial charge in [0.25, 0.3) is 11.2 Å². The van der Waals surface area contributed by atoms with Crippen molar-refractivity contribution in [3.05, 3.63) is 91.1 Å². The molecule has 0 saturated heterocycles. The van der Waals surface area contributed by atoms with Gasteiger partial charge in [-0.05, 0) is 55.3 Å². The Morgan fingerprint density at radius 3 is 2.68 bits per heavy atom. The van der Waals surface area contributed by atoms with Crippen LogP contribution in [0, 0.1) is 10.1 Å². The lowest BCUT2D eigenvalue weighted by Gasteiger charge is -2.12. The number of nitrogens with zero attached hydrogens (tertiary/aromatic N) is 5. The van der Waals surface area contributed by atoms with E-state index in [1.54, 1.807) is 30.5 Å². The lowest BCUT2D eigenvalue weighted by molar-refractivity contribution is -0.385. The van der Waals surface area contributed by atoms with Crippen molar-refractivity contribution in [1.82, 2.24) is 14.6 Å². The van der Waals surface area contributed by atoms with Crippen LogP contribution in [0.3, 0.4) is 0 Å². The molecule has 4 rings (SSSR count). The van der Waals surface area contributed by atoms with Gasteiger partial charge in [-0.3, -0.25) is 14.9 Å². The maximum absolute atomic E-state index is 13.3. The molecule has 0 amide bonds.